The van der Waals surface area contributed by atoms with Crippen LogP contribution in [0.15, 0.2) is 91.6 Å². The average molecular weight is 860 g/mol. The summed E-state index contributed by atoms with van der Waals surface area (Å²) in [5, 5.41) is 17.0. The molecule has 6 amide bonds. The maximum atomic E-state index is 14.8. The van der Waals surface area contributed by atoms with Gasteiger partial charge < -0.3 is 39.3 Å². The number of hydrogen-bond donors (Lipinski definition) is 2. The van der Waals surface area contributed by atoms with E-state index in [2.05, 4.69) is 16.8 Å². The first-order valence-electron chi connectivity index (χ1n) is 21.6. The van der Waals surface area contributed by atoms with Crippen LogP contribution < -0.4 is 5.32 Å². The number of phenolic OH excluding ortho intramolecular Hbond substituents is 1. The Labute approximate surface area is 367 Å². The number of aromatic hydroxyl groups is 1. The largest absolute Gasteiger partial charge is 0.508 e. The van der Waals surface area contributed by atoms with E-state index in [4.69, 9.17) is 4.74 Å². The lowest BCUT2D eigenvalue weighted by Crippen LogP contribution is -2.76. The maximum absolute atomic E-state index is 14.8. The molecule has 0 saturated carbocycles. The molecule has 0 radical (unpaired) electrons. The fourth-order valence-electron chi connectivity index (χ4n) is 9.41. The Morgan fingerprint density at radius 3 is 2.32 bits per heavy atom. The van der Waals surface area contributed by atoms with Crippen molar-refractivity contribution >= 4 is 40.7 Å². The molecule has 2 N–H and O–H groups in total. The Balaban J connectivity index is 1.07. The standard InChI is InChI=1S/C47H57N9O7/c1-6-19-54-31-41(58)55-39(24-32-15-17-36(57)18-16-32)44(60)53(30-40(55)56(54)45(61)48-25-33-11-8-7-9-12-33)26-34-13-10-14-37-38(29-49(5)42(34)37)43(59)51-22-20-50-21-23-52(28-35(50)27-51)46(62)63-47(2,3)4/h6-18,29,35,39-40,57H,1,19-28,30-31H2,2-5H3,(H,48,61)/t35?,39-,40-/m0/s1. The van der Waals surface area contributed by atoms with Gasteiger partial charge in [-0.1, -0.05) is 66.7 Å². The van der Waals surface area contributed by atoms with Crippen LogP contribution in [-0.2, 0) is 40.9 Å². The Bertz CT molecular complexity index is 2380. The monoisotopic (exact) mass is 859 g/mol. The van der Waals surface area contributed by atoms with E-state index in [0.717, 1.165) is 27.6 Å². The molecule has 16 heteroatoms. The van der Waals surface area contributed by atoms with E-state index in [1.165, 1.54) is 0 Å². The van der Waals surface area contributed by atoms with Crippen molar-refractivity contribution in [1.29, 1.82) is 0 Å². The average Bonchev–Trinajstić information content (AvgIpc) is 3.60. The molecule has 0 aliphatic carbocycles. The molecular weight excluding hydrogens is 803 g/mol. The highest BCUT2D eigenvalue weighted by molar-refractivity contribution is 6.08. The topological polar surface area (TPSA) is 154 Å². The molecule has 4 fully saturated rings. The number of aryl methyl sites for hydroxylation is 1. The van der Waals surface area contributed by atoms with Gasteiger partial charge >= 0.3 is 12.1 Å². The van der Waals surface area contributed by atoms with Gasteiger partial charge in [-0.05, 0) is 49.6 Å². The van der Waals surface area contributed by atoms with Crippen LogP contribution in [0.3, 0.4) is 0 Å². The molecule has 332 valence electrons. The number of carbonyl (C=O) groups is 5. The Kier molecular flexibility index (Phi) is 12.2. The van der Waals surface area contributed by atoms with Gasteiger partial charge in [0.2, 0.25) is 11.8 Å². The molecular formula is C47H57N9O7. The van der Waals surface area contributed by atoms with E-state index in [9.17, 15) is 29.1 Å². The van der Waals surface area contributed by atoms with Crippen LogP contribution in [0.25, 0.3) is 10.9 Å². The first-order chi connectivity index (χ1) is 30.2. The van der Waals surface area contributed by atoms with Gasteiger partial charge in [0.25, 0.3) is 5.91 Å². The van der Waals surface area contributed by atoms with Crippen LogP contribution in [0.1, 0.15) is 47.8 Å². The van der Waals surface area contributed by atoms with Gasteiger partial charge in [-0.25, -0.2) is 19.6 Å². The number of hydrazine groups is 1. The molecule has 5 heterocycles. The van der Waals surface area contributed by atoms with Crippen LogP contribution in [0, 0.1) is 0 Å². The first kappa shape index (κ1) is 43.3. The van der Waals surface area contributed by atoms with Crippen molar-refractivity contribution in [2.24, 2.45) is 7.05 Å². The van der Waals surface area contributed by atoms with Crippen LogP contribution in [0.4, 0.5) is 9.59 Å². The molecule has 4 aliphatic rings. The van der Waals surface area contributed by atoms with Crippen LogP contribution in [0.2, 0.25) is 0 Å². The summed E-state index contributed by atoms with van der Waals surface area (Å²) in [7, 11) is 1.89. The number of ether oxygens (including phenoxy) is 1. The Morgan fingerprint density at radius 1 is 0.889 bits per heavy atom. The summed E-state index contributed by atoms with van der Waals surface area (Å²) in [6.07, 6.45) is 2.45. The van der Waals surface area contributed by atoms with E-state index < -0.39 is 23.8 Å². The van der Waals surface area contributed by atoms with Crippen molar-refractivity contribution in [1.82, 2.24) is 44.4 Å². The molecule has 4 aromatic rings. The van der Waals surface area contributed by atoms with Gasteiger partial charge in [0.05, 0.1) is 24.2 Å². The molecule has 3 atom stereocenters. The molecule has 0 bridgehead atoms. The highest BCUT2D eigenvalue weighted by Gasteiger charge is 2.51. The van der Waals surface area contributed by atoms with Crippen LogP contribution in [-0.4, -0.2) is 157 Å². The minimum absolute atomic E-state index is 0.0252. The molecule has 3 aromatic carbocycles. The quantitative estimate of drug-likeness (QED) is 0.238. The summed E-state index contributed by atoms with van der Waals surface area (Å²) >= 11 is 0. The smallest absolute Gasteiger partial charge is 0.410 e. The number of piperazine rings is 3. The summed E-state index contributed by atoms with van der Waals surface area (Å²) in [5.74, 6) is -0.586. The number of rotatable bonds is 9. The van der Waals surface area contributed by atoms with Gasteiger partial charge in [0.15, 0.2) is 0 Å². The summed E-state index contributed by atoms with van der Waals surface area (Å²) in [4.78, 5) is 79.8. The normalized spacial score (nSPS) is 21.0. The number of nitrogens with one attached hydrogen (secondary N) is 1. The van der Waals surface area contributed by atoms with Gasteiger partial charge in [-0.15, -0.1) is 6.58 Å². The maximum Gasteiger partial charge on any atom is 0.410 e. The highest BCUT2D eigenvalue weighted by atomic mass is 16.6. The van der Waals surface area contributed by atoms with E-state index >= 15 is 0 Å². The van der Waals surface area contributed by atoms with Crippen LogP contribution in [0.5, 0.6) is 5.75 Å². The molecule has 1 aromatic heterocycles. The molecule has 63 heavy (non-hydrogen) atoms. The van der Waals surface area contributed by atoms with Crippen molar-refractivity contribution in [3.63, 3.8) is 0 Å². The highest BCUT2D eigenvalue weighted by Crippen LogP contribution is 2.33. The number of amides is 6. The number of fused-ring (bicyclic) bond motifs is 3. The second-order valence-corrected chi connectivity index (χ2v) is 17.8. The van der Waals surface area contributed by atoms with Gasteiger partial charge in [-0.2, -0.15) is 0 Å². The molecule has 8 rings (SSSR count). The van der Waals surface area contributed by atoms with Crippen molar-refractivity contribution in [3.8, 4) is 5.75 Å². The Morgan fingerprint density at radius 2 is 1.60 bits per heavy atom. The third kappa shape index (κ3) is 9.09. The molecule has 4 saturated heterocycles. The van der Waals surface area contributed by atoms with Crippen LogP contribution >= 0.6 is 0 Å². The second-order valence-electron chi connectivity index (χ2n) is 17.8. The molecule has 1 unspecified atom stereocenters. The number of urea groups is 1. The zero-order valence-electron chi connectivity index (χ0n) is 36.5. The number of benzene rings is 3. The minimum atomic E-state index is -0.953. The third-order valence-corrected chi connectivity index (χ3v) is 12.3. The summed E-state index contributed by atoms with van der Waals surface area (Å²) in [5.41, 5.74) is 3.19. The van der Waals surface area contributed by atoms with Gasteiger partial charge in [0, 0.05) is 90.0 Å². The number of para-hydroxylation sites is 1. The summed E-state index contributed by atoms with van der Waals surface area (Å²) < 4.78 is 7.58. The predicted molar refractivity (Wildman–Crippen MR) is 236 cm³/mol. The van der Waals surface area contributed by atoms with Gasteiger partial charge in [-0.3, -0.25) is 19.3 Å². The fraction of sp³-hybridized carbons (Fsp3) is 0.426. The fourth-order valence-corrected chi connectivity index (χ4v) is 9.41. The first-order valence-corrected chi connectivity index (χ1v) is 21.6. The summed E-state index contributed by atoms with van der Waals surface area (Å²) in [6, 6.07) is 20.5. The number of nitrogens with zero attached hydrogens (tertiary/aromatic N) is 8. The van der Waals surface area contributed by atoms with Crippen molar-refractivity contribution in [2.75, 3.05) is 58.9 Å². The summed E-state index contributed by atoms with van der Waals surface area (Å²) in [6.45, 7) is 13.5. The lowest BCUT2D eigenvalue weighted by Gasteiger charge is -2.55. The van der Waals surface area contributed by atoms with Gasteiger partial charge in [0.1, 0.15) is 23.6 Å². The second kappa shape index (κ2) is 17.8. The molecule has 4 aliphatic heterocycles. The Hall–Kier alpha value is -6.39. The molecule has 16 nitrogen and oxygen atoms in total. The van der Waals surface area contributed by atoms with E-state index in [0.29, 0.717) is 44.8 Å². The van der Waals surface area contributed by atoms with E-state index in [1.807, 2.05) is 92.0 Å². The molecule has 0 spiro atoms. The van der Waals surface area contributed by atoms with Crippen molar-refractivity contribution < 1.29 is 33.8 Å². The lowest BCUT2D eigenvalue weighted by atomic mass is 9.98. The number of phenols is 1. The van der Waals surface area contributed by atoms with Crippen molar-refractivity contribution in [3.05, 3.63) is 114 Å². The minimum Gasteiger partial charge on any atom is -0.508 e. The predicted octanol–water partition coefficient (Wildman–Crippen LogP) is 4.00. The SMILES string of the molecule is C=CCN1CC(=O)N2[C@@H](Cc3ccc(O)cc3)C(=O)N(Cc3cccc4c(C(=O)N5CCN6CCN(C(=O)OC(C)(C)C)CC6C5)cn(C)c34)C[C@@H]2N1C(=O)NCc1ccccc1. The third-order valence-electron chi connectivity index (χ3n) is 12.3. The number of aromatic nitrogens is 1. The number of carbonyl (C=O) groups excluding carboxylic acids is 5. The zero-order valence-corrected chi connectivity index (χ0v) is 36.5. The van der Waals surface area contributed by atoms with Crippen molar-refractivity contribution in [2.45, 2.75) is 64.1 Å². The van der Waals surface area contributed by atoms with E-state index in [-0.39, 0.29) is 74.8 Å². The number of hydrogen-bond acceptors (Lipinski definition) is 9. The van der Waals surface area contributed by atoms with E-state index in [1.54, 1.807) is 55.1 Å². The zero-order chi connectivity index (χ0) is 44.6. The lowest BCUT2D eigenvalue weighted by molar-refractivity contribution is -0.189.